The van der Waals surface area contributed by atoms with Gasteiger partial charge in [0, 0.05) is 27.2 Å². The van der Waals surface area contributed by atoms with Crippen molar-refractivity contribution < 1.29 is 12.3 Å². The Kier molecular flexibility index (Phi) is 3.03. The molecule has 0 aliphatic carbocycles. The third-order valence-corrected chi connectivity index (χ3v) is 7.11. The number of nitrogens with zero attached hydrogens (tertiary/aromatic N) is 2. The van der Waals surface area contributed by atoms with Gasteiger partial charge in [-0.3, -0.25) is 0 Å². The van der Waals surface area contributed by atoms with Crippen molar-refractivity contribution in [2.75, 3.05) is 0 Å². The third kappa shape index (κ3) is 3.01. The van der Waals surface area contributed by atoms with Crippen LogP contribution in [0.1, 0.15) is 12.3 Å². The molecule has 0 fully saturated rings. The quantitative estimate of drug-likeness (QED) is 0.232. The van der Waals surface area contributed by atoms with Gasteiger partial charge in [-0.1, -0.05) is 103 Å². The summed E-state index contributed by atoms with van der Waals surface area (Å²) in [7, 11) is 0. The normalized spacial score (nSPS) is 15.0. The monoisotopic (exact) mass is 493 g/mol. The van der Waals surface area contributed by atoms with Crippen LogP contribution in [0.2, 0.25) is 0 Å². The van der Waals surface area contributed by atoms with Crippen LogP contribution in [0.3, 0.4) is 0 Å². The Morgan fingerprint density at radius 1 is 0.447 bits per heavy atom. The molecule has 0 spiro atoms. The fourth-order valence-corrected chi connectivity index (χ4v) is 5.53. The summed E-state index contributed by atoms with van der Waals surface area (Å²) in [6, 6.07) is 26.1. The summed E-state index contributed by atoms with van der Waals surface area (Å²) in [6.45, 7) is 0. The molecule has 178 valence electrons. The third-order valence-electron chi connectivity index (χ3n) is 7.11. The first-order valence-corrected chi connectivity index (χ1v) is 12.3. The fourth-order valence-electron chi connectivity index (χ4n) is 5.53. The molecule has 0 radical (unpaired) electrons. The average Bonchev–Trinajstić information content (AvgIpc) is 3.63. The Morgan fingerprint density at radius 2 is 1.11 bits per heavy atom. The highest BCUT2D eigenvalue weighted by molar-refractivity contribution is 6.16. The molecule has 38 heavy (non-hydrogen) atoms. The Labute approximate surface area is 233 Å². The highest BCUT2D eigenvalue weighted by Crippen LogP contribution is 2.40. The summed E-state index contributed by atoms with van der Waals surface area (Å²) in [5.41, 5.74) is 5.21. The molecule has 8 aromatic rings. The van der Waals surface area contributed by atoms with Crippen molar-refractivity contribution in [3.63, 3.8) is 0 Å². The van der Waals surface area contributed by atoms with Gasteiger partial charge in [0.1, 0.15) is 0 Å². The SMILES string of the molecule is [2H]c1ccc(-c2cccc(-n3c4ccccc4c4c(-n5c6c([2H])c([2H])c([2H])c([2H])c6c6c([2H])c([2H])c([2H])c([2H])c65)cccc43)c2)cc1. The molecule has 0 N–H and O–H groups in total. The van der Waals surface area contributed by atoms with Crippen molar-refractivity contribution in [2.45, 2.75) is 0 Å². The van der Waals surface area contributed by atoms with Crippen LogP contribution in [-0.4, -0.2) is 9.13 Å². The maximum Gasteiger partial charge on any atom is 0.0645 e. The number of hydrogen-bond acceptors (Lipinski definition) is 0. The van der Waals surface area contributed by atoms with E-state index in [0.717, 1.165) is 38.6 Å². The first-order chi connectivity index (χ1) is 22.6. The molecule has 8 rings (SSSR count). The number of hydrogen-bond donors (Lipinski definition) is 0. The van der Waals surface area contributed by atoms with Crippen molar-refractivity contribution in [1.82, 2.24) is 9.13 Å². The minimum Gasteiger partial charge on any atom is -0.309 e. The van der Waals surface area contributed by atoms with Gasteiger partial charge in [-0.05, 0) is 53.5 Å². The van der Waals surface area contributed by atoms with E-state index in [1.165, 1.54) is 0 Å². The number of para-hydroxylation sites is 3. The molecule has 6 aromatic carbocycles. The number of rotatable bonds is 3. The Bertz CT molecular complexity index is 2540. The summed E-state index contributed by atoms with van der Waals surface area (Å²) in [4.78, 5) is 0. The summed E-state index contributed by atoms with van der Waals surface area (Å²) in [5.74, 6) is 0. The minimum absolute atomic E-state index is 0.0464. The number of fused-ring (bicyclic) bond motifs is 6. The lowest BCUT2D eigenvalue weighted by atomic mass is 10.1. The van der Waals surface area contributed by atoms with E-state index >= 15 is 0 Å². The summed E-state index contributed by atoms with van der Waals surface area (Å²) in [6.07, 6.45) is 0. The maximum atomic E-state index is 8.98. The molecule has 0 saturated heterocycles. The zero-order valence-corrected chi connectivity index (χ0v) is 20.1. The smallest absolute Gasteiger partial charge is 0.0645 e. The van der Waals surface area contributed by atoms with Gasteiger partial charge in [0.25, 0.3) is 0 Å². The lowest BCUT2D eigenvalue weighted by Gasteiger charge is -2.12. The molecule has 0 aliphatic heterocycles. The van der Waals surface area contributed by atoms with Crippen LogP contribution in [0.4, 0.5) is 0 Å². The predicted octanol–water partition coefficient (Wildman–Crippen LogP) is 9.55. The zero-order valence-electron chi connectivity index (χ0n) is 29.1. The highest BCUT2D eigenvalue weighted by Gasteiger charge is 2.19. The molecule has 2 heterocycles. The lowest BCUT2D eigenvalue weighted by molar-refractivity contribution is 1.17. The molecular weight excluding hydrogens is 460 g/mol. The second kappa shape index (κ2) is 8.22. The van der Waals surface area contributed by atoms with Crippen molar-refractivity contribution >= 4 is 43.6 Å². The van der Waals surface area contributed by atoms with Crippen LogP contribution in [0, 0.1) is 0 Å². The molecule has 0 aliphatic rings. The summed E-state index contributed by atoms with van der Waals surface area (Å²) >= 11 is 0. The Balaban J connectivity index is 1.54. The van der Waals surface area contributed by atoms with Crippen molar-refractivity contribution in [1.29, 1.82) is 0 Å². The predicted molar refractivity (Wildman–Crippen MR) is 161 cm³/mol. The van der Waals surface area contributed by atoms with Crippen LogP contribution in [0.15, 0.2) is 145 Å². The zero-order chi connectivity index (χ0) is 32.9. The largest absolute Gasteiger partial charge is 0.309 e. The first kappa shape index (κ1) is 14.0. The molecule has 0 amide bonds. The molecule has 0 bridgehead atoms. The van der Waals surface area contributed by atoms with E-state index in [1.807, 2.05) is 72.8 Å². The minimum atomic E-state index is -0.471. The molecule has 2 heteroatoms. The van der Waals surface area contributed by atoms with Crippen LogP contribution in [0.25, 0.3) is 66.1 Å². The average molecular weight is 494 g/mol. The first-order valence-electron chi connectivity index (χ1n) is 16.8. The molecule has 0 unspecified atom stereocenters. The van der Waals surface area contributed by atoms with Crippen molar-refractivity contribution in [3.8, 4) is 22.5 Å². The summed E-state index contributed by atoms with van der Waals surface area (Å²) < 4.78 is 81.0. The molecule has 0 atom stereocenters. The van der Waals surface area contributed by atoms with E-state index in [9.17, 15) is 0 Å². The van der Waals surface area contributed by atoms with E-state index in [2.05, 4.69) is 10.6 Å². The van der Waals surface area contributed by atoms with E-state index in [4.69, 9.17) is 12.3 Å². The highest BCUT2D eigenvalue weighted by atomic mass is 15.0. The standard InChI is InChI=1S/C36H24N2/c1-2-12-25(13-3-1)26-14-10-15-27(24-26)37-33-21-9-6-18-30(33)36-34(37)22-11-23-35(36)38-31-19-7-4-16-28(31)29-17-5-8-20-32(29)38/h1-24H/i1D,4D,5D,7D,8D,16D,17D,19D,20D. The lowest BCUT2D eigenvalue weighted by Crippen LogP contribution is -1.96. The topological polar surface area (TPSA) is 9.86 Å². The number of aromatic nitrogens is 2. The Hall–Kier alpha value is -5.08. The van der Waals surface area contributed by atoms with Crippen LogP contribution < -0.4 is 0 Å². The van der Waals surface area contributed by atoms with E-state index in [1.54, 1.807) is 16.7 Å². The summed E-state index contributed by atoms with van der Waals surface area (Å²) in [5, 5.41) is 1.71. The van der Waals surface area contributed by atoms with Crippen LogP contribution in [0.5, 0.6) is 0 Å². The number of benzene rings is 6. The van der Waals surface area contributed by atoms with Gasteiger partial charge in [0.15, 0.2) is 0 Å². The van der Waals surface area contributed by atoms with Gasteiger partial charge in [-0.2, -0.15) is 0 Å². The fraction of sp³-hybridized carbons (Fsp3) is 0. The molecule has 0 saturated carbocycles. The molecule has 2 nitrogen and oxygen atoms in total. The second-order valence-corrected chi connectivity index (χ2v) is 9.15. The maximum absolute atomic E-state index is 8.98. The van der Waals surface area contributed by atoms with Gasteiger partial charge in [-0.25, -0.2) is 0 Å². The molecule has 2 aromatic heterocycles. The van der Waals surface area contributed by atoms with Gasteiger partial charge in [0.2, 0.25) is 0 Å². The van der Waals surface area contributed by atoms with E-state index in [0.29, 0.717) is 11.7 Å². The van der Waals surface area contributed by atoms with Gasteiger partial charge < -0.3 is 9.13 Å². The van der Waals surface area contributed by atoms with E-state index < -0.39 is 24.2 Å². The van der Waals surface area contributed by atoms with Gasteiger partial charge in [0.05, 0.1) is 40.1 Å². The molecular formula is C36H24N2. The van der Waals surface area contributed by atoms with Crippen molar-refractivity contribution in [3.05, 3.63) is 145 Å². The van der Waals surface area contributed by atoms with Gasteiger partial charge in [-0.15, -0.1) is 0 Å². The van der Waals surface area contributed by atoms with Crippen LogP contribution in [-0.2, 0) is 0 Å². The Morgan fingerprint density at radius 3 is 1.89 bits per heavy atom. The van der Waals surface area contributed by atoms with E-state index in [-0.39, 0.29) is 46.0 Å². The van der Waals surface area contributed by atoms with Crippen molar-refractivity contribution in [2.24, 2.45) is 0 Å². The van der Waals surface area contributed by atoms with Crippen LogP contribution >= 0.6 is 0 Å². The van der Waals surface area contributed by atoms with Gasteiger partial charge >= 0.3 is 0 Å². The second-order valence-electron chi connectivity index (χ2n) is 9.15.